The van der Waals surface area contributed by atoms with Gasteiger partial charge in [0, 0.05) is 12.1 Å². The number of benzene rings is 2. The van der Waals surface area contributed by atoms with E-state index in [2.05, 4.69) is 4.74 Å². The summed E-state index contributed by atoms with van der Waals surface area (Å²) in [7, 11) is 0. The van der Waals surface area contributed by atoms with Crippen molar-refractivity contribution in [2.75, 3.05) is 4.90 Å². The summed E-state index contributed by atoms with van der Waals surface area (Å²) in [5.74, 6) is -1.60. The third kappa shape index (κ3) is 4.58. The molecule has 0 aromatic heterocycles. The van der Waals surface area contributed by atoms with Crippen LogP contribution < -0.4 is 9.64 Å². The normalized spacial score (nSPS) is 14.5. The van der Waals surface area contributed by atoms with E-state index in [9.17, 15) is 27.9 Å². The Morgan fingerprint density at radius 2 is 1.81 bits per heavy atom. The van der Waals surface area contributed by atoms with E-state index >= 15 is 0 Å². The number of amides is 1. The van der Waals surface area contributed by atoms with Crippen molar-refractivity contribution in [1.29, 1.82) is 0 Å². The van der Waals surface area contributed by atoms with Crippen LogP contribution in [0.4, 0.5) is 18.9 Å². The van der Waals surface area contributed by atoms with Crippen LogP contribution in [0.15, 0.2) is 42.5 Å². The van der Waals surface area contributed by atoms with E-state index < -0.39 is 12.3 Å². The fraction of sp³-hybridized carbons (Fsp3) is 0.263. The number of rotatable bonds is 4. The number of fused-ring (bicyclic) bond motifs is 1. The minimum absolute atomic E-state index is 0.0716. The zero-order valence-electron chi connectivity index (χ0n) is 14.1. The highest BCUT2D eigenvalue weighted by Crippen LogP contribution is 2.30. The predicted octanol–water partition coefficient (Wildman–Crippen LogP) is 4.15. The summed E-state index contributed by atoms with van der Waals surface area (Å²) in [6.45, 7) is 0.126. The SMILES string of the molecule is O=C(O)c1ccc2c(c1)N(Cc1ccc(OC(F)(F)F)cc1)C(=O)CCC2. The molecule has 142 valence electrons. The second-order valence-electron chi connectivity index (χ2n) is 6.17. The molecule has 1 aliphatic rings. The van der Waals surface area contributed by atoms with E-state index in [0.29, 0.717) is 30.5 Å². The van der Waals surface area contributed by atoms with E-state index in [-0.39, 0.29) is 23.8 Å². The van der Waals surface area contributed by atoms with Crippen LogP contribution in [0.25, 0.3) is 0 Å². The van der Waals surface area contributed by atoms with E-state index in [1.54, 1.807) is 6.07 Å². The van der Waals surface area contributed by atoms with Crippen molar-refractivity contribution in [2.45, 2.75) is 32.2 Å². The monoisotopic (exact) mass is 379 g/mol. The molecule has 0 fully saturated rings. The first-order chi connectivity index (χ1) is 12.7. The van der Waals surface area contributed by atoms with Crippen LogP contribution in [-0.2, 0) is 17.8 Å². The Bertz CT molecular complexity index is 862. The maximum Gasteiger partial charge on any atom is 0.573 e. The first-order valence-electron chi connectivity index (χ1n) is 8.24. The van der Waals surface area contributed by atoms with Crippen LogP contribution in [0, 0.1) is 0 Å². The Morgan fingerprint density at radius 1 is 1.11 bits per heavy atom. The molecule has 2 aromatic carbocycles. The van der Waals surface area contributed by atoms with Gasteiger partial charge in [-0.3, -0.25) is 4.79 Å². The van der Waals surface area contributed by atoms with Crippen molar-refractivity contribution in [1.82, 2.24) is 0 Å². The van der Waals surface area contributed by atoms with Gasteiger partial charge < -0.3 is 14.7 Å². The summed E-state index contributed by atoms with van der Waals surface area (Å²) >= 11 is 0. The number of alkyl halides is 3. The number of carboxylic acid groups (broad SMARTS) is 1. The van der Waals surface area contributed by atoms with Gasteiger partial charge in [0.15, 0.2) is 0 Å². The van der Waals surface area contributed by atoms with Crippen molar-refractivity contribution in [2.24, 2.45) is 0 Å². The average Bonchev–Trinajstić information content (AvgIpc) is 2.74. The molecule has 8 heteroatoms. The molecule has 1 amide bonds. The van der Waals surface area contributed by atoms with Crippen LogP contribution >= 0.6 is 0 Å². The number of nitrogens with zero attached hydrogens (tertiary/aromatic N) is 1. The molecule has 0 spiro atoms. The van der Waals surface area contributed by atoms with Gasteiger partial charge in [-0.05, 0) is 48.2 Å². The lowest BCUT2D eigenvalue weighted by Gasteiger charge is -2.24. The Labute approximate surface area is 153 Å². The second-order valence-corrected chi connectivity index (χ2v) is 6.17. The third-order valence-electron chi connectivity index (χ3n) is 4.26. The molecule has 3 rings (SSSR count). The summed E-state index contributed by atoms with van der Waals surface area (Å²) in [6.07, 6.45) is -3.16. The molecule has 0 atom stereocenters. The highest BCUT2D eigenvalue weighted by molar-refractivity contribution is 5.97. The van der Waals surface area contributed by atoms with Crippen molar-refractivity contribution in [3.8, 4) is 5.75 Å². The van der Waals surface area contributed by atoms with E-state index in [4.69, 9.17) is 0 Å². The number of anilines is 1. The molecule has 27 heavy (non-hydrogen) atoms. The molecule has 0 saturated heterocycles. The number of aryl methyl sites for hydroxylation is 1. The first kappa shape index (κ1) is 18.8. The molecule has 0 saturated carbocycles. The summed E-state index contributed by atoms with van der Waals surface area (Å²) in [4.78, 5) is 25.3. The Morgan fingerprint density at radius 3 is 2.44 bits per heavy atom. The minimum atomic E-state index is -4.77. The van der Waals surface area contributed by atoms with Gasteiger partial charge in [0.1, 0.15) is 5.75 Å². The van der Waals surface area contributed by atoms with Gasteiger partial charge in [-0.25, -0.2) is 4.79 Å². The highest BCUT2D eigenvalue weighted by Gasteiger charge is 2.31. The second kappa shape index (κ2) is 7.30. The molecule has 2 aromatic rings. The molecular weight excluding hydrogens is 363 g/mol. The number of carbonyl (C=O) groups is 2. The van der Waals surface area contributed by atoms with Gasteiger partial charge in [0.2, 0.25) is 5.91 Å². The third-order valence-corrected chi connectivity index (χ3v) is 4.26. The zero-order valence-corrected chi connectivity index (χ0v) is 14.1. The molecule has 1 aliphatic heterocycles. The fourth-order valence-corrected chi connectivity index (χ4v) is 3.01. The summed E-state index contributed by atoms with van der Waals surface area (Å²) < 4.78 is 40.6. The zero-order chi connectivity index (χ0) is 19.6. The topological polar surface area (TPSA) is 66.8 Å². The van der Waals surface area contributed by atoms with E-state index in [1.165, 1.54) is 41.3 Å². The lowest BCUT2D eigenvalue weighted by Crippen LogP contribution is -2.29. The maximum absolute atomic E-state index is 12.5. The Hall–Kier alpha value is -3.03. The van der Waals surface area contributed by atoms with Crippen LogP contribution in [0.1, 0.15) is 34.3 Å². The fourth-order valence-electron chi connectivity index (χ4n) is 3.01. The highest BCUT2D eigenvalue weighted by atomic mass is 19.4. The van der Waals surface area contributed by atoms with Crippen LogP contribution in [0.3, 0.4) is 0 Å². The number of halogens is 3. The number of ether oxygens (including phenoxy) is 1. The molecule has 0 bridgehead atoms. The molecular formula is C19H16F3NO4. The Balaban J connectivity index is 1.88. The number of carboxylic acids is 1. The van der Waals surface area contributed by atoms with Crippen molar-refractivity contribution in [3.63, 3.8) is 0 Å². The first-order valence-corrected chi connectivity index (χ1v) is 8.24. The standard InChI is InChI=1S/C19H16F3NO4/c20-19(21,22)27-15-8-4-12(5-9-15)11-23-16-10-14(18(25)26)7-6-13(16)2-1-3-17(23)24/h4-10H,1-3,11H2,(H,25,26). The molecule has 5 nitrogen and oxygen atoms in total. The van der Waals surface area contributed by atoms with Gasteiger partial charge in [-0.1, -0.05) is 18.2 Å². The van der Waals surface area contributed by atoms with Crippen molar-refractivity contribution >= 4 is 17.6 Å². The predicted molar refractivity (Wildman–Crippen MR) is 90.7 cm³/mol. The van der Waals surface area contributed by atoms with Gasteiger partial charge in [0.25, 0.3) is 0 Å². The maximum atomic E-state index is 12.5. The average molecular weight is 379 g/mol. The molecule has 0 aliphatic carbocycles. The van der Waals surface area contributed by atoms with Gasteiger partial charge >= 0.3 is 12.3 Å². The van der Waals surface area contributed by atoms with E-state index in [0.717, 1.165) is 5.56 Å². The van der Waals surface area contributed by atoms with E-state index in [1.807, 2.05) is 0 Å². The van der Waals surface area contributed by atoms with Crippen LogP contribution in [-0.4, -0.2) is 23.3 Å². The Kier molecular flexibility index (Phi) is 5.07. The quantitative estimate of drug-likeness (QED) is 0.867. The largest absolute Gasteiger partial charge is 0.573 e. The van der Waals surface area contributed by atoms with Crippen molar-refractivity contribution < 1.29 is 32.6 Å². The minimum Gasteiger partial charge on any atom is -0.478 e. The number of hydrogen-bond acceptors (Lipinski definition) is 3. The van der Waals surface area contributed by atoms with Crippen LogP contribution in [0.2, 0.25) is 0 Å². The number of aromatic carboxylic acids is 1. The summed E-state index contributed by atoms with van der Waals surface area (Å²) in [6, 6.07) is 9.91. The lowest BCUT2D eigenvalue weighted by molar-refractivity contribution is -0.274. The van der Waals surface area contributed by atoms with Gasteiger partial charge in [0.05, 0.1) is 12.1 Å². The lowest BCUT2D eigenvalue weighted by atomic mass is 10.0. The smallest absolute Gasteiger partial charge is 0.478 e. The van der Waals surface area contributed by atoms with Crippen molar-refractivity contribution in [3.05, 3.63) is 59.2 Å². The van der Waals surface area contributed by atoms with Crippen LogP contribution in [0.5, 0.6) is 5.75 Å². The number of hydrogen-bond donors (Lipinski definition) is 1. The molecule has 0 unspecified atom stereocenters. The summed E-state index contributed by atoms with van der Waals surface area (Å²) in [5.41, 5.74) is 2.06. The molecule has 0 radical (unpaired) electrons. The molecule has 1 N–H and O–H groups in total. The molecule has 1 heterocycles. The van der Waals surface area contributed by atoms with Gasteiger partial charge in [-0.15, -0.1) is 13.2 Å². The van der Waals surface area contributed by atoms with Gasteiger partial charge in [-0.2, -0.15) is 0 Å². The summed E-state index contributed by atoms with van der Waals surface area (Å²) in [5, 5.41) is 9.21. The number of carbonyl (C=O) groups excluding carboxylic acids is 1.